The van der Waals surface area contributed by atoms with Crippen LogP contribution in [0.2, 0.25) is 10.0 Å². The first-order valence-electron chi connectivity index (χ1n) is 7.96. The Balaban J connectivity index is 1.81. The fourth-order valence-corrected chi connectivity index (χ4v) is 3.80. The Bertz CT molecular complexity index is 858. The number of carbonyl (C=O) groups is 1. The Kier molecular flexibility index (Phi) is 7.46. The summed E-state index contributed by atoms with van der Waals surface area (Å²) in [6, 6.07) is 14.3. The van der Waals surface area contributed by atoms with Gasteiger partial charge in [0.15, 0.2) is 0 Å². The molecule has 2 aromatic carbocycles. The van der Waals surface area contributed by atoms with Crippen molar-refractivity contribution in [2.24, 2.45) is 0 Å². The van der Waals surface area contributed by atoms with Crippen LogP contribution in [-0.2, 0) is 27.1 Å². The van der Waals surface area contributed by atoms with Crippen LogP contribution in [0.1, 0.15) is 17.5 Å². The molecule has 0 aliphatic heterocycles. The Labute approximate surface area is 164 Å². The largest absolute Gasteiger partial charge is 0.341 e. The monoisotopic (exact) mass is 414 g/mol. The van der Waals surface area contributed by atoms with E-state index >= 15 is 0 Å². The molecule has 0 bridgehead atoms. The molecule has 5 nitrogen and oxygen atoms in total. The number of hydrogen-bond donors (Lipinski definition) is 1. The number of halogens is 2. The van der Waals surface area contributed by atoms with Crippen LogP contribution in [0, 0.1) is 0 Å². The van der Waals surface area contributed by atoms with Crippen LogP contribution in [0.25, 0.3) is 0 Å². The Morgan fingerprint density at radius 3 is 2.38 bits per heavy atom. The number of sulfonamides is 1. The molecule has 1 N–H and O–H groups in total. The molecule has 2 aromatic rings. The summed E-state index contributed by atoms with van der Waals surface area (Å²) in [7, 11) is -1.87. The zero-order chi connectivity index (χ0) is 19.2. The molecular weight excluding hydrogens is 395 g/mol. The summed E-state index contributed by atoms with van der Waals surface area (Å²) in [6.07, 6.45) is 0.0872. The summed E-state index contributed by atoms with van der Waals surface area (Å²) in [5.74, 6) is -0.358. The van der Waals surface area contributed by atoms with E-state index in [1.807, 2.05) is 30.3 Å². The lowest BCUT2D eigenvalue weighted by atomic mass is 10.2. The lowest BCUT2D eigenvalue weighted by molar-refractivity contribution is -0.130. The Hall–Kier alpha value is -1.60. The molecule has 0 unspecified atom stereocenters. The zero-order valence-electron chi connectivity index (χ0n) is 14.3. The van der Waals surface area contributed by atoms with Crippen molar-refractivity contribution in [3.63, 3.8) is 0 Å². The third-order valence-corrected chi connectivity index (χ3v) is 5.79. The molecule has 0 saturated heterocycles. The highest BCUT2D eigenvalue weighted by Gasteiger charge is 2.14. The maximum atomic E-state index is 12.1. The third-order valence-electron chi connectivity index (χ3n) is 3.69. The van der Waals surface area contributed by atoms with E-state index in [0.717, 1.165) is 5.56 Å². The van der Waals surface area contributed by atoms with Gasteiger partial charge in [-0.15, -0.1) is 0 Å². The van der Waals surface area contributed by atoms with Crippen molar-refractivity contribution >= 4 is 39.1 Å². The maximum Gasteiger partial charge on any atom is 0.223 e. The predicted octanol–water partition coefficient (Wildman–Crippen LogP) is 3.46. The topological polar surface area (TPSA) is 66.5 Å². The van der Waals surface area contributed by atoms with Gasteiger partial charge in [-0.3, -0.25) is 4.79 Å². The summed E-state index contributed by atoms with van der Waals surface area (Å²) < 4.78 is 26.7. The van der Waals surface area contributed by atoms with Gasteiger partial charge >= 0.3 is 0 Å². The van der Waals surface area contributed by atoms with Gasteiger partial charge < -0.3 is 4.90 Å². The molecule has 26 heavy (non-hydrogen) atoms. The van der Waals surface area contributed by atoms with E-state index in [9.17, 15) is 13.2 Å². The number of hydrogen-bond acceptors (Lipinski definition) is 3. The van der Waals surface area contributed by atoms with Crippen LogP contribution >= 0.6 is 23.2 Å². The smallest absolute Gasteiger partial charge is 0.223 e. The average Bonchev–Trinajstić information content (AvgIpc) is 2.58. The van der Waals surface area contributed by atoms with E-state index in [1.54, 1.807) is 24.1 Å². The normalized spacial score (nSPS) is 11.3. The van der Waals surface area contributed by atoms with Crippen LogP contribution in [-0.4, -0.2) is 32.8 Å². The highest BCUT2D eigenvalue weighted by atomic mass is 35.5. The van der Waals surface area contributed by atoms with Gasteiger partial charge in [-0.05, 0) is 23.3 Å². The van der Waals surface area contributed by atoms with E-state index in [-0.39, 0.29) is 24.6 Å². The average molecular weight is 415 g/mol. The number of rotatable bonds is 8. The number of nitrogens with one attached hydrogen (secondary N) is 1. The minimum Gasteiger partial charge on any atom is -0.341 e. The highest BCUT2D eigenvalue weighted by molar-refractivity contribution is 7.88. The number of amides is 1. The van der Waals surface area contributed by atoms with Crippen molar-refractivity contribution in [3.8, 4) is 0 Å². The fourth-order valence-electron chi connectivity index (χ4n) is 2.35. The van der Waals surface area contributed by atoms with Crippen molar-refractivity contribution in [3.05, 3.63) is 69.7 Å². The summed E-state index contributed by atoms with van der Waals surface area (Å²) in [6.45, 7) is 0.525. The molecule has 2 rings (SSSR count). The standard InChI is InChI=1S/C18H20Cl2N2O3S/c1-22(12-14-5-3-2-4-6-14)18(23)9-10-21-26(24,25)13-15-7-8-16(19)17(20)11-15/h2-8,11,21H,9-10,12-13H2,1H3. The van der Waals surface area contributed by atoms with Crippen molar-refractivity contribution in [2.75, 3.05) is 13.6 Å². The fraction of sp³-hybridized carbons (Fsp3) is 0.278. The van der Waals surface area contributed by atoms with Crippen molar-refractivity contribution < 1.29 is 13.2 Å². The minimum absolute atomic E-state index is 0.0433. The molecule has 0 radical (unpaired) electrons. The van der Waals surface area contributed by atoms with Crippen LogP contribution in [0.4, 0.5) is 0 Å². The molecule has 0 atom stereocenters. The molecule has 140 valence electrons. The van der Waals surface area contributed by atoms with Gasteiger partial charge in [0.05, 0.1) is 15.8 Å². The van der Waals surface area contributed by atoms with E-state index < -0.39 is 10.0 Å². The first-order chi connectivity index (χ1) is 12.3. The van der Waals surface area contributed by atoms with Crippen molar-refractivity contribution in [2.45, 2.75) is 18.7 Å². The first-order valence-corrected chi connectivity index (χ1v) is 10.4. The molecule has 0 fully saturated rings. The van der Waals surface area contributed by atoms with Gasteiger partial charge in [0.25, 0.3) is 0 Å². The van der Waals surface area contributed by atoms with Gasteiger partial charge in [0.2, 0.25) is 15.9 Å². The van der Waals surface area contributed by atoms with E-state index in [4.69, 9.17) is 23.2 Å². The van der Waals surface area contributed by atoms with Crippen molar-refractivity contribution in [1.82, 2.24) is 9.62 Å². The maximum absolute atomic E-state index is 12.1. The van der Waals surface area contributed by atoms with Gasteiger partial charge in [0, 0.05) is 26.6 Å². The summed E-state index contributed by atoms with van der Waals surface area (Å²) >= 11 is 11.7. The number of benzene rings is 2. The second-order valence-corrected chi connectivity index (χ2v) is 8.51. The molecule has 0 aliphatic carbocycles. The molecule has 1 amide bonds. The number of nitrogens with zero attached hydrogens (tertiary/aromatic N) is 1. The summed E-state index contributed by atoms with van der Waals surface area (Å²) in [5.41, 5.74) is 1.54. The molecule has 0 heterocycles. The zero-order valence-corrected chi connectivity index (χ0v) is 16.6. The SMILES string of the molecule is CN(Cc1ccccc1)C(=O)CCNS(=O)(=O)Cc1ccc(Cl)c(Cl)c1. The van der Waals surface area contributed by atoms with Crippen LogP contribution < -0.4 is 4.72 Å². The van der Waals surface area contributed by atoms with Crippen molar-refractivity contribution in [1.29, 1.82) is 0 Å². The lowest BCUT2D eigenvalue weighted by Crippen LogP contribution is -2.32. The molecule has 0 saturated carbocycles. The quantitative estimate of drug-likeness (QED) is 0.718. The molecule has 0 aromatic heterocycles. The Morgan fingerprint density at radius 1 is 1.04 bits per heavy atom. The number of carbonyl (C=O) groups excluding carboxylic acids is 1. The van der Waals surface area contributed by atoms with E-state index in [0.29, 0.717) is 22.2 Å². The highest BCUT2D eigenvalue weighted by Crippen LogP contribution is 2.23. The second-order valence-electron chi connectivity index (χ2n) is 5.89. The molecular formula is C18H20Cl2N2O3S. The minimum atomic E-state index is -3.57. The second kappa shape index (κ2) is 9.37. The van der Waals surface area contributed by atoms with Crippen LogP contribution in [0.5, 0.6) is 0 Å². The van der Waals surface area contributed by atoms with Gasteiger partial charge in [0.1, 0.15) is 0 Å². The third kappa shape index (κ3) is 6.61. The Morgan fingerprint density at radius 2 is 1.73 bits per heavy atom. The van der Waals surface area contributed by atoms with E-state index in [2.05, 4.69) is 4.72 Å². The predicted molar refractivity (Wildman–Crippen MR) is 105 cm³/mol. The van der Waals surface area contributed by atoms with Gasteiger partial charge in [-0.2, -0.15) is 0 Å². The summed E-state index contributed by atoms with van der Waals surface area (Å²) in [4.78, 5) is 13.7. The van der Waals surface area contributed by atoms with Crippen LogP contribution in [0.15, 0.2) is 48.5 Å². The summed E-state index contributed by atoms with van der Waals surface area (Å²) in [5, 5.41) is 0.671. The molecule has 0 aliphatic rings. The van der Waals surface area contributed by atoms with E-state index in [1.165, 1.54) is 6.07 Å². The van der Waals surface area contributed by atoms with Gasteiger partial charge in [-0.25, -0.2) is 13.1 Å². The van der Waals surface area contributed by atoms with Gasteiger partial charge in [-0.1, -0.05) is 59.6 Å². The van der Waals surface area contributed by atoms with Crippen LogP contribution in [0.3, 0.4) is 0 Å². The lowest BCUT2D eigenvalue weighted by Gasteiger charge is -2.17. The molecule has 8 heteroatoms. The first kappa shape index (κ1) is 20.7. The molecule has 0 spiro atoms.